The molecule has 1 unspecified atom stereocenters. The number of aliphatic hydroxyl groups is 1. The maximum absolute atomic E-state index is 14.4. The van der Waals surface area contributed by atoms with Crippen LogP contribution in [0.1, 0.15) is 61.4 Å². The van der Waals surface area contributed by atoms with Crippen molar-refractivity contribution in [2.24, 2.45) is 0 Å². The molecule has 0 saturated heterocycles. The summed E-state index contributed by atoms with van der Waals surface area (Å²) in [4.78, 5) is 7.88. The predicted octanol–water partition coefficient (Wildman–Crippen LogP) is 6.16. The van der Waals surface area contributed by atoms with Gasteiger partial charge in [0.15, 0.2) is 11.6 Å². The zero-order valence-electron chi connectivity index (χ0n) is 19.5. The fourth-order valence-electron chi connectivity index (χ4n) is 5.22. The highest BCUT2D eigenvalue weighted by Crippen LogP contribution is 2.41. The summed E-state index contributed by atoms with van der Waals surface area (Å²) >= 11 is 6.48. The van der Waals surface area contributed by atoms with E-state index in [1.165, 1.54) is 13.2 Å². The molecular weight excluding hydrogens is 455 g/mol. The Morgan fingerprint density at radius 3 is 2.74 bits per heavy atom. The number of benzene rings is 1. The second kappa shape index (κ2) is 9.04. The van der Waals surface area contributed by atoms with Gasteiger partial charge in [-0.1, -0.05) is 18.5 Å². The summed E-state index contributed by atoms with van der Waals surface area (Å²) in [6, 6.07) is 5.29. The molecule has 3 aromatic heterocycles. The summed E-state index contributed by atoms with van der Waals surface area (Å²) in [5.74, 6) is -0.500. The predicted molar refractivity (Wildman–Crippen MR) is 131 cm³/mol. The number of aromatic nitrogens is 4. The number of hydrogen-bond donors (Lipinski definition) is 2. The molecule has 0 bridgehead atoms. The molecule has 0 aliphatic heterocycles. The molecule has 3 heterocycles. The number of rotatable bonds is 5. The zero-order valence-corrected chi connectivity index (χ0v) is 20.2. The van der Waals surface area contributed by atoms with E-state index in [0.29, 0.717) is 16.6 Å². The van der Waals surface area contributed by atoms with Crippen LogP contribution in [0.5, 0.6) is 5.75 Å². The van der Waals surface area contributed by atoms with Gasteiger partial charge in [-0.15, -0.1) is 0 Å². The molecule has 6 nitrogen and oxygen atoms in total. The van der Waals surface area contributed by atoms with Gasteiger partial charge in [-0.05, 0) is 56.4 Å². The van der Waals surface area contributed by atoms with Crippen LogP contribution in [0.3, 0.4) is 0 Å². The van der Waals surface area contributed by atoms with E-state index in [-0.39, 0.29) is 17.8 Å². The van der Waals surface area contributed by atoms with E-state index in [2.05, 4.69) is 32.7 Å². The Kier molecular flexibility index (Phi) is 6.08. The molecule has 0 spiro atoms. The lowest BCUT2D eigenvalue weighted by Crippen LogP contribution is -2.22. The number of nitrogens with one attached hydrogen (secondary N) is 1. The number of fused-ring (bicyclic) bond motifs is 1. The molecule has 1 aliphatic rings. The van der Waals surface area contributed by atoms with Crippen LogP contribution in [0.15, 0.2) is 36.8 Å². The molecule has 1 aliphatic carbocycles. The normalized spacial score (nSPS) is 19.5. The molecule has 0 amide bonds. The molecule has 34 heavy (non-hydrogen) atoms. The monoisotopic (exact) mass is 482 g/mol. The average Bonchev–Trinajstić information content (AvgIpc) is 3.43. The van der Waals surface area contributed by atoms with Crippen molar-refractivity contribution < 1.29 is 14.2 Å². The number of H-pyrrole nitrogens is 1. The smallest absolute Gasteiger partial charge is 0.165 e. The van der Waals surface area contributed by atoms with E-state index in [0.717, 1.165) is 59.1 Å². The van der Waals surface area contributed by atoms with Gasteiger partial charge in [0, 0.05) is 51.1 Å². The summed E-state index contributed by atoms with van der Waals surface area (Å²) < 4.78 is 21.9. The Morgan fingerprint density at radius 1 is 1.24 bits per heavy atom. The van der Waals surface area contributed by atoms with E-state index in [4.69, 9.17) is 16.3 Å². The lowest BCUT2D eigenvalue weighted by molar-refractivity contribution is 0.107. The van der Waals surface area contributed by atoms with Crippen LogP contribution in [0.4, 0.5) is 4.39 Å². The third-order valence-corrected chi connectivity index (χ3v) is 7.46. The Bertz CT molecular complexity index is 1340. The first-order chi connectivity index (χ1) is 16.4. The van der Waals surface area contributed by atoms with Crippen molar-refractivity contribution >= 4 is 22.6 Å². The lowest BCUT2D eigenvalue weighted by atomic mass is 9.91. The van der Waals surface area contributed by atoms with Gasteiger partial charge in [0.1, 0.15) is 5.65 Å². The van der Waals surface area contributed by atoms with E-state index in [1.807, 2.05) is 25.5 Å². The number of ether oxygens (including phenoxy) is 1. The first-order valence-corrected chi connectivity index (χ1v) is 12.0. The van der Waals surface area contributed by atoms with Gasteiger partial charge in [-0.25, -0.2) is 9.37 Å². The van der Waals surface area contributed by atoms with Gasteiger partial charge in [-0.2, -0.15) is 5.10 Å². The number of aromatic amines is 1. The van der Waals surface area contributed by atoms with Crippen molar-refractivity contribution in [3.05, 3.63) is 64.5 Å². The molecule has 5 rings (SSSR count). The molecule has 178 valence electrons. The minimum absolute atomic E-state index is 0.160. The molecule has 0 radical (unpaired) electrons. The van der Waals surface area contributed by atoms with Crippen LogP contribution >= 0.6 is 11.6 Å². The standard InChI is InChI=1S/C26H28ClFN4O2/c1-14(24-22(27)8-9-23(28)25(24)34-3)20-12-30-26-19(20)10-16(11-29-26)21-13-31-32(15(21)2)17-4-6-18(33)7-5-17/h8-14,17-18,33H,4-7H2,1-3H3,(H,29,30)/t14?,17-,18-. The number of halogens is 2. The molecular formula is C26H28ClFN4O2. The third kappa shape index (κ3) is 3.87. The number of methoxy groups -OCH3 is 1. The fourth-order valence-corrected chi connectivity index (χ4v) is 5.53. The number of aliphatic hydroxyl groups excluding tert-OH is 1. The number of nitrogens with zero attached hydrogens (tertiary/aromatic N) is 3. The third-order valence-electron chi connectivity index (χ3n) is 7.13. The van der Waals surface area contributed by atoms with Gasteiger partial charge in [0.25, 0.3) is 0 Å². The molecule has 1 atom stereocenters. The van der Waals surface area contributed by atoms with Crippen molar-refractivity contribution in [2.75, 3.05) is 7.11 Å². The second-order valence-electron chi connectivity index (χ2n) is 9.11. The van der Waals surface area contributed by atoms with Crippen LogP contribution in [-0.2, 0) is 0 Å². The molecule has 2 N–H and O–H groups in total. The lowest BCUT2D eigenvalue weighted by Gasteiger charge is -2.26. The Labute approximate surface area is 202 Å². The summed E-state index contributed by atoms with van der Waals surface area (Å²) in [7, 11) is 1.45. The molecule has 1 aromatic carbocycles. The second-order valence-corrected chi connectivity index (χ2v) is 9.52. The van der Waals surface area contributed by atoms with Crippen LogP contribution in [-0.4, -0.2) is 38.1 Å². The zero-order chi connectivity index (χ0) is 24.0. The number of hydrogen-bond acceptors (Lipinski definition) is 4. The van der Waals surface area contributed by atoms with Crippen molar-refractivity contribution in [1.29, 1.82) is 0 Å². The van der Waals surface area contributed by atoms with Gasteiger partial charge < -0.3 is 14.8 Å². The minimum Gasteiger partial charge on any atom is -0.493 e. The topological polar surface area (TPSA) is 76.0 Å². The maximum Gasteiger partial charge on any atom is 0.165 e. The molecule has 1 saturated carbocycles. The van der Waals surface area contributed by atoms with Crippen LogP contribution in [0.2, 0.25) is 5.02 Å². The maximum atomic E-state index is 14.4. The van der Waals surface area contributed by atoms with Gasteiger partial charge in [-0.3, -0.25) is 4.68 Å². The highest BCUT2D eigenvalue weighted by molar-refractivity contribution is 6.31. The molecule has 1 fully saturated rings. The quantitative estimate of drug-likeness (QED) is 0.357. The van der Waals surface area contributed by atoms with E-state index in [9.17, 15) is 9.50 Å². The van der Waals surface area contributed by atoms with Gasteiger partial charge >= 0.3 is 0 Å². The Morgan fingerprint density at radius 2 is 2.00 bits per heavy atom. The SMILES string of the molecule is COc1c(F)ccc(Cl)c1C(C)c1c[nH]c2ncc(-c3cnn([C@H]4CC[C@H](O)CC4)c3C)cc12. The number of pyridine rings is 1. The summed E-state index contributed by atoms with van der Waals surface area (Å²) in [5.41, 5.74) is 5.41. The van der Waals surface area contributed by atoms with Gasteiger partial charge in [0.05, 0.1) is 25.5 Å². The highest BCUT2D eigenvalue weighted by atomic mass is 35.5. The molecule has 8 heteroatoms. The largest absolute Gasteiger partial charge is 0.493 e. The Balaban J connectivity index is 1.54. The molecule has 4 aromatic rings. The summed E-state index contributed by atoms with van der Waals surface area (Å²) in [5, 5.41) is 15.9. The van der Waals surface area contributed by atoms with Crippen molar-refractivity contribution in [2.45, 2.75) is 57.6 Å². The van der Waals surface area contributed by atoms with E-state index >= 15 is 0 Å². The van der Waals surface area contributed by atoms with Crippen molar-refractivity contribution in [3.63, 3.8) is 0 Å². The van der Waals surface area contributed by atoms with Crippen molar-refractivity contribution in [1.82, 2.24) is 19.7 Å². The fraction of sp³-hybridized carbons (Fsp3) is 0.385. The van der Waals surface area contributed by atoms with E-state index in [1.54, 1.807) is 6.07 Å². The Hall–Kier alpha value is -2.90. The average molecular weight is 483 g/mol. The van der Waals surface area contributed by atoms with Crippen LogP contribution < -0.4 is 4.74 Å². The highest BCUT2D eigenvalue weighted by Gasteiger charge is 2.25. The summed E-state index contributed by atoms with van der Waals surface area (Å²) in [6.07, 6.45) is 8.92. The van der Waals surface area contributed by atoms with Crippen LogP contribution in [0.25, 0.3) is 22.2 Å². The van der Waals surface area contributed by atoms with Crippen LogP contribution in [0, 0.1) is 12.7 Å². The summed E-state index contributed by atoms with van der Waals surface area (Å²) in [6.45, 7) is 4.06. The van der Waals surface area contributed by atoms with Crippen molar-refractivity contribution in [3.8, 4) is 16.9 Å². The first-order valence-electron chi connectivity index (χ1n) is 11.6. The van der Waals surface area contributed by atoms with E-state index < -0.39 is 5.82 Å². The minimum atomic E-state index is -0.439. The van der Waals surface area contributed by atoms with Gasteiger partial charge in [0.2, 0.25) is 0 Å². The first kappa shape index (κ1) is 22.9.